The van der Waals surface area contributed by atoms with E-state index in [9.17, 15) is 4.79 Å². The molecule has 0 unspecified atom stereocenters. The van der Waals surface area contributed by atoms with E-state index in [4.69, 9.17) is 10.5 Å². The van der Waals surface area contributed by atoms with Gasteiger partial charge in [0.2, 0.25) is 0 Å². The number of ether oxygens (including phenoxy) is 1. The van der Waals surface area contributed by atoms with Crippen LogP contribution in [0.25, 0.3) is 10.8 Å². The Labute approximate surface area is 162 Å². The van der Waals surface area contributed by atoms with Crippen molar-refractivity contribution in [2.45, 2.75) is 32.9 Å². The van der Waals surface area contributed by atoms with E-state index in [-0.39, 0.29) is 37.1 Å². The number of hydrogen-bond donors (Lipinski definition) is 1. The maximum absolute atomic E-state index is 12.7. The zero-order valence-electron chi connectivity index (χ0n) is 15.6. The van der Waals surface area contributed by atoms with Crippen molar-refractivity contribution in [3.63, 3.8) is 0 Å². The molecule has 2 N–H and O–H groups in total. The molecule has 1 amide bonds. The quantitative estimate of drug-likeness (QED) is 0.676. The molecule has 2 rings (SSSR count). The summed E-state index contributed by atoms with van der Waals surface area (Å²) in [5, 5.41) is 2.30. The van der Waals surface area contributed by atoms with E-state index in [0.717, 1.165) is 22.8 Å². The van der Waals surface area contributed by atoms with Crippen LogP contribution >= 0.6 is 12.4 Å². The number of carbonyl (C=O) groups excluding carboxylic acids is 1. The van der Waals surface area contributed by atoms with Gasteiger partial charge in [0.1, 0.15) is 6.61 Å². The summed E-state index contributed by atoms with van der Waals surface area (Å²) in [5.74, 6) is 0.288. The van der Waals surface area contributed by atoms with Crippen LogP contribution in [0, 0.1) is 5.92 Å². The number of hydrogen-bond acceptors (Lipinski definition) is 3. The molecule has 5 heteroatoms. The van der Waals surface area contributed by atoms with Crippen LogP contribution in [0.1, 0.15) is 25.8 Å². The summed E-state index contributed by atoms with van der Waals surface area (Å²) in [6.07, 6.45) is 2.18. The minimum atomic E-state index is -0.344. The van der Waals surface area contributed by atoms with E-state index in [1.165, 1.54) is 0 Å². The van der Waals surface area contributed by atoms with Crippen LogP contribution in [0.3, 0.4) is 0 Å². The Balaban J connectivity index is 0.00000338. The number of fused-ring (bicyclic) bond motifs is 1. The Bertz CT molecular complexity index is 715. The standard InChI is InChI=1S/C21H28N2O2.ClH/c1-4-13-25-21(24)23(20(14-22)16(3)5-2)15-18-11-8-10-17-9-6-7-12-19(17)18;/h4,6-12,16,20H,1,5,13-15,22H2,2-3H3;1H/t16-,20+;/m0./s1. The zero-order chi connectivity index (χ0) is 18.2. The van der Waals surface area contributed by atoms with E-state index in [2.05, 4.69) is 44.7 Å². The van der Waals surface area contributed by atoms with Crippen LogP contribution in [0.15, 0.2) is 55.1 Å². The molecule has 142 valence electrons. The summed E-state index contributed by atoms with van der Waals surface area (Å²) < 4.78 is 5.33. The molecule has 0 aromatic heterocycles. The zero-order valence-corrected chi connectivity index (χ0v) is 16.4. The fourth-order valence-corrected chi connectivity index (χ4v) is 3.08. The second kappa shape index (κ2) is 10.8. The molecule has 0 saturated carbocycles. The summed E-state index contributed by atoms with van der Waals surface area (Å²) >= 11 is 0. The van der Waals surface area contributed by atoms with E-state index in [1.54, 1.807) is 11.0 Å². The van der Waals surface area contributed by atoms with Gasteiger partial charge in [0.15, 0.2) is 0 Å². The van der Waals surface area contributed by atoms with E-state index >= 15 is 0 Å². The van der Waals surface area contributed by atoms with Crippen LogP contribution in [0.5, 0.6) is 0 Å². The van der Waals surface area contributed by atoms with Gasteiger partial charge in [-0.1, -0.05) is 75.4 Å². The SMILES string of the molecule is C=CCOC(=O)N(Cc1cccc2ccccc12)[C@H](CN)[C@@H](C)CC.Cl. The monoisotopic (exact) mass is 376 g/mol. The molecular formula is C21H29ClN2O2. The fraction of sp³-hybridized carbons (Fsp3) is 0.381. The first-order valence-electron chi connectivity index (χ1n) is 8.83. The molecule has 0 spiro atoms. The van der Waals surface area contributed by atoms with Crippen molar-refractivity contribution in [1.29, 1.82) is 0 Å². The molecule has 0 saturated heterocycles. The number of halogens is 1. The Morgan fingerprint density at radius 3 is 2.62 bits per heavy atom. The predicted octanol–water partition coefficient (Wildman–Crippen LogP) is 4.76. The maximum atomic E-state index is 12.7. The van der Waals surface area contributed by atoms with Crippen molar-refractivity contribution >= 4 is 29.3 Å². The molecule has 2 atom stereocenters. The average molecular weight is 377 g/mol. The van der Waals surface area contributed by atoms with Crippen LogP contribution in [-0.4, -0.2) is 30.2 Å². The van der Waals surface area contributed by atoms with E-state index in [1.807, 2.05) is 18.2 Å². The highest BCUT2D eigenvalue weighted by molar-refractivity contribution is 5.86. The number of rotatable bonds is 8. The van der Waals surface area contributed by atoms with Crippen molar-refractivity contribution in [2.24, 2.45) is 11.7 Å². The predicted molar refractivity (Wildman–Crippen MR) is 111 cm³/mol. The number of nitrogens with zero attached hydrogens (tertiary/aromatic N) is 1. The van der Waals surface area contributed by atoms with E-state index < -0.39 is 0 Å². The summed E-state index contributed by atoms with van der Waals surface area (Å²) in [6.45, 7) is 8.92. The topological polar surface area (TPSA) is 55.6 Å². The molecule has 0 aliphatic carbocycles. The van der Waals surface area contributed by atoms with Gasteiger partial charge in [0, 0.05) is 13.1 Å². The molecule has 0 bridgehead atoms. The molecule has 2 aromatic carbocycles. The number of benzene rings is 2. The van der Waals surface area contributed by atoms with Gasteiger partial charge < -0.3 is 10.5 Å². The third kappa shape index (κ3) is 5.23. The molecule has 4 nitrogen and oxygen atoms in total. The highest BCUT2D eigenvalue weighted by atomic mass is 35.5. The molecule has 0 heterocycles. The van der Waals surface area contributed by atoms with Gasteiger partial charge >= 0.3 is 6.09 Å². The third-order valence-electron chi connectivity index (χ3n) is 4.72. The van der Waals surface area contributed by atoms with Crippen molar-refractivity contribution in [3.05, 3.63) is 60.7 Å². The van der Waals surface area contributed by atoms with Gasteiger partial charge in [-0.05, 0) is 22.3 Å². The average Bonchev–Trinajstić information content (AvgIpc) is 2.65. The first-order valence-corrected chi connectivity index (χ1v) is 8.83. The molecular weight excluding hydrogens is 348 g/mol. The summed E-state index contributed by atoms with van der Waals surface area (Å²) in [4.78, 5) is 14.4. The van der Waals surface area contributed by atoms with Gasteiger partial charge in [-0.15, -0.1) is 12.4 Å². The molecule has 0 radical (unpaired) electrons. The number of amides is 1. The Morgan fingerprint density at radius 2 is 1.96 bits per heavy atom. The fourth-order valence-electron chi connectivity index (χ4n) is 3.08. The lowest BCUT2D eigenvalue weighted by Crippen LogP contribution is -2.47. The summed E-state index contributed by atoms with van der Waals surface area (Å²) in [5.41, 5.74) is 7.11. The maximum Gasteiger partial charge on any atom is 0.410 e. The lowest BCUT2D eigenvalue weighted by Gasteiger charge is -2.34. The van der Waals surface area contributed by atoms with Crippen LogP contribution in [-0.2, 0) is 11.3 Å². The van der Waals surface area contributed by atoms with Crippen LogP contribution < -0.4 is 5.73 Å². The van der Waals surface area contributed by atoms with Crippen LogP contribution in [0.2, 0.25) is 0 Å². The molecule has 0 fully saturated rings. The highest BCUT2D eigenvalue weighted by Crippen LogP contribution is 2.23. The molecule has 0 aliphatic rings. The summed E-state index contributed by atoms with van der Waals surface area (Å²) in [7, 11) is 0. The van der Waals surface area contributed by atoms with Gasteiger partial charge in [-0.2, -0.15) is 0 Å². The van der Waals surface area contributed by atoms with Crippen molar-refractivity contribution < 1.29 is 9.53 Å². The van der Waals surface area contributed by atoms with Gasteiger partial charge in [-0.25, -0.2) is 4.79 Å². The first-order chi connectivity index (χ1) is 12.1. The third-order valence-corrected chi connectivity index (χ3v) is 4.72. The van der Waals surface area contributed by atoms with Crippen molar-refractivity contribution in [3.8, 4) is 0 Å². The van der Waals surface area contributed by atoms with Gasteiger partial charge in [0.05, 0.1) is 6.04 Å². The van der Waals surface area contributed by atoms with E-state index in [0.29, 0.717) is 13.1 Å². The smallest absolute Gasteiger partial charge is 0.410 e. The van der Waals surface area contributed by atoms with Gasteiger partial charge in [0.25, 0.3) is 0 Å². The molecule has 26 heavy (non-hydrogen) atoms. The second-order valence-electron chi connectivity index (χ2n) is 6.32. The normalized spacial score (nSPS) is 12.7. The number of carbonyl (C=O) groups is 1. The Morgan fingerprint density at radius 1 is 1.27 bits per heavy atom. The minimum Gasteiger partial charge on any atom is -0.445 e. The first kappa shape index (κ1) is 22.0. The molecule has 2 aromatic rings. The largest absolute Gasteiger partial charge is 0.445 e. The summed E-state index contributed by atoms with van der Waals surface area (Å²) in [6, 6.07) is 14.3. The van der Waals surface area contributed by atoms with Crippen molar-refractivity contribution in [1.82, 2.24) is 4.90 Å². The van der Waals surface area contributed by atoms with Gasteiger partial charge in [-0.3, -0.25) is 4.90 Å². The van der Waals surface area contributed by atoms with Crippen molar-refractivity contribution in [2.75, 3.05) is 13.2 Å². The van der Waals surface area contributed by atoms with Crippen LogP contribution in [0.4, 0.5) is 4.79 Å². The minimum absolute atomic E-state index is 0. The lowest BCUT2D eigenvalue weighted by molar-refractivity contribution is 0.0788. The Hall–Kier alpha value is -2.04. The second-order valence-corrected chi connectivity index (χ2v) is 6.32. The molecule has 0 aliphatic heterocycles. The lowest BCUT2D eigenvalue weighted by atomic mass is 9.96. The highest BCUT2D eigenvalue weighted by Gasteiger charge is 2.28. The Kier molecular flexibility index (Phi) is 9.17. The number of nitrogens with two attached hydrogens (primary N) is 1.